The molecule has 3 rings (SSSR count). The quantitative estimate of drug-likeness (QED) is 0.900. The molecule has 0 aliphatic heterocycles. The summed E-state index contributed by atoms with van der Waals surface area (Å²) in [6, 6.07) is 7.82. The zero-order valence-electron chi connectivity index (χ0n) is 10.2. The monoisotopic (exact) mass is 245 g/mol. The summed E-state index contributed by atoms with van der Waals surface area (Å²) in [4.78, 5) is 11.3. The summed E-state index contributed by atoms with van der Waals surface area (Å²) in [6.45, 7) is 2.50. The van der Waals surface area contributed by atoms with Gasteiger partial charge in [0.15, 0.2) is 0 Å². The molecule has 18 heavy (non-hydrogen) atoms. The van der Waals surface area contributed by atoms with Crippen LogP contribution in [0.5, 0.6) is 5.75 Å². The maximum atomic E-state index is 11.3. The Morgan fingerprint density at radius 3 is 2.89 bits per heavy atom. The van der Waals surface area contributed by atoms with Crippen molar-refractivity contribution in [2.45, 2.75) is 25.8 Å². The van der Waals surface area contributed by atoms with E-state index in [0.29, 0.717) is 18.3 Å². The molecule has 1 fully saturated rings. The Bertz CT molecular complexity index is 611. The first-order valence-electron chi connectivity index (χ1n) is 6.22. The van der Waals surface area contributed by atoms with Crippen LogP contribution in [0.25, 0.3) is 10.9 Å². The van der Waals surface area contributed by atoms with E-state index in [-0.39, 0.29) is 0 Å². The fourth-order valence-corrected chi connectivity index (χ4v) is 2.40. The minimum absolute atomic E-state index is 0.338. The zero-order chi connectivity index (χ0) is 12.7. The van der Waals surface area contributed by atoms with E-state index in [2.05, 4.69) is 0 Å². The van der Waals surface area contributed by atoms with Gasteiger partial charge in [-0.3, -0.25) is 0 Å². The third-order valence-corrected chi connectivity index (χ3v) is 3.27. The lowest BCUT2D eigenvalue weighted by molar-refractivity contribution is 0.0685. The van der Waals surface area contributed by atoms with Crippen molar-refractivity contribution in [2.75, 3.05) is 6.61 Å². The van der Waals surface area contributed by atoms with Crippen LogP contribution < -0.4 is 4.74 Å². The van der Waals surface area contributed by atoms with Crippen LogP contribution in [0.1, 0.15) is 36.3 Å². The summed E-state index contributed by atoms with van der Waals surface area (Å²) in [5, 5.41) is 10.2. The van der Waals surface area contributed by atoms with E-state index in [1.54, 1.807) is 6.07 Å². The first kappa shape index (κ1) is 11.1. The van der Waals surface area contributed by atoms with Gasteiger partial charge < -0.3 is 14.4 Å². The number of rotatable bonds is 4. The second-order valence-corrected chi connectivity index (χ2v) is 4.56. The average Bonchev–Trinajstić information content (AvgIpc) is 3.10. The van der Waals surface area contributed by atoms with Crippen LogP contribution in [0.3, 0.4) is 0 Å². The van der Waals surface area contributed by atoms with Crippen LogP contribution in [-0.2, 0) is 0 Å². The molecule has 0 saturated heterocycles. The summed E-state index contributed by atoms with van der Waals surface area (Å²) < 4.78 is 7.49. The minimum Gasteiger partial charge on any atom is -0.493 e. The number of hydrogen-bond acceptors (Lipinski definition) is 2. The normalized spacial score (nSPS) is 14.9. The lowest BCUT2D eigenvalue weighted by atomic mass is 10.2. The van der Waals surface area contributed by atoms with E-state index in [4.69, 9.17) is 4.74 Å². The highest BCUT2D eigenvalue weighted by Crippen LogP contribution is 2.41. The van der Waals surface area contributed by atoms with Gasteiger partial charge in [0.25, 0.3) is 0 Å². The number of aromatic carboxylic acids is 1. The number of ether oxygens (including phenoxy) is 1. The topological polar surface area (TPSA) is 51.5 Å². The molecule has 1 N–H and O–H groups in total. The van der Waals surface area contributed by atoms with Gasteiger partial charge in [0.2, 0.25) is 0 Å². The predicted molar refractivity (Wildman–Crippen MR) is 68.3 cm³/mol. The molecule has 0 amide bonds. The molecule has 1 aromatic heterocycles. The predicted octanol–water partition coefficient (Wildman–Crippen LogP) is 3.07. The Morgan fingerprint density at radius 1 is 1.50 bits per heavy atom. The second-order valence-electron chi connectivity index (χ2n) is 4.56. The van der Waals surface area contributed by atoms with Crippen LogP contribution in [0.15, 0.2) is 24.3 Å². The van der Waals surface area contributed by atoms with Crippen LogP contribution in [0.4, 0.5) is 0 Å². The van der Waals surface area contributed by atoms with Crippen LogP contribution in [0, 0.1) is 0 Å². The molecule has 2 aromatic rings. The largest absolute Gasteiger partial charge is 0.493 e. The molecule has 0 spiro atoms. The van der Waals surface area contributed by atoms with Crippen LogP contribution in [-0.4, -0.2) is 22.2 Å². The molecule has 4 nitrogen and oxygen atoms in total. The Hall–Kier alpha value is -1.97. The summed E-state index contributed by atoms with van der Waals surface area (Å²) >= 11 is 0. The highest BCUT2D eigenvalue weighted by Gasteiger charge is 2.29. The number of benzene rings is 1. The van der Waals surface area contributed by atoms with Crippen molar-refractivity contribution in [2.24, 2.45) is 0 Å². The average molecular weight is 245 g/mol. The molecule has 4 heteroatoms. The molecular formula is C14H15NO3. The number of aromatic nitrogens is 1. The number of fused-ring (bicyclic) bond motifs is 1. The molecule has 1 aliphatic rings. The molecule has 0 bridgehead atoms. The van der Waals surface area contributed by atoms with Gasteiger partial charge in [-0.2, -0.15) is 0 Å². The van der Waals surface area contributed by atoms with E-state index in [0.717, 1.165) is 29.5 Å². The van der Waals surface area contributed by atoms with Gasteiger partial charge >= 0.3 is 5.97 Å². The Balaban J connectivity index is 2.25. The lowest BCUT2D eigenvalue weighted by Crippen LogP contribution is -2.06. The Morgan fingerprint density at radius 2 is 2.28 bits per heavy atom. The van der Waals surface area contributed by atoms with E-state index < -0.39 is 5.97 Å². The Labute approximate surface area is 105 Å². The number of hydrogen-bond donors (Lipinski definition) is 1. The van der Waals surface area contributed by atoms with Crippen molar-refractivity contribution in [1.29, 1.82) is 0 Å². The second kappa shape index (κ2) is 4.05. The van der Waals surface area contributed by atoms with Crippen molar-refractivity contribution in [1.82, 2.24) is 4.57 Å². The van der Waals surface area contributed by atoms with Gasteiger partial charge in [0.1, 0.15) is 11.4 Å². The number of nitrogens with zero attached hydrogens (tertiary/aromatic N) is 1. The van der Waals surface area contributed by atoms with E-state index >= 15 is 0 Å². The van der Waals surface area contributed by atoms with E-state index in [9.17, 15) is 9.90 Å². The number of carboxylic acids is 1. The van der Waals surface area contributed by atoms with Crippen LogP contribution in [0.2, 0.25) is 0 Å². The van der Waals surface area contributed by atoms with Crippen molar-refractivity contribution < 1.29 is 14.6 Å². The first-order chi connectivity index (χ1) is 8.72. The standard InChI is InChI=1S/C14H15NO3/c1-2-18-13-5-3-4-11-10(13)8-12(14(16)17)15(11)9-6-7-9/h3-5,8-9H,2,6-7H2,1H3,(H,16,17). The van der Waals surface area contributed by atoms with Gasteiger partial charge in [-0.15, -0.1) is 0 Å². The fourth-order valence-electron chi connectivity index (χ4n) is 2.40. The van der Waals surface area contributed by atoms with E-state index in [1.807, 2.05) is 29.7 Å². The molecule has 94 valence electrons. The van der Waals surface area contributed by atoms with Crippen molar-refractivity contribution in [3.63, 3.8) is 0 Å². The summed E-state index contributed by atoms with van der Waals surface area (Å²) in [7, 11) is 0. The molecule has 0 radical (unpaired) electrons. The SMILES string of the molecule is CCOc1cccc2c1cc(C(=O)O)n2C1CC1. The minimum atomic E-state index is -0.874. The Kier molecular flexibility index (Phi) is 2.51. The third kappa shape index (κ3) is 1.65. The van der Waals surface area contributed by atoms with Gasteiger partial charge in [-0.05, 0) is 38.0 Å². The molecule has 0 atom stereocenters. The maximum absolute atomic E-state index is 11.3. The molecular weight excluding hydrogens is 230 g/mol. The third-order valence-electron chi connectivity index (χ3n) is 3.27. The highest BCUT2D eigenvalue weighted by molar-refractivity contribution is 5.97. The van der Waals surface area contributed by atoms with E-state index in [1.165, 1.54) is 0 Å². The van der Waals surface area contributed by atoms with Gasteiger partial charge in [0.05, 0.1) is 12.1 Å². The molecule has 1 saturated carbocycles. The van der Waals surface area contributed by atoms with Gasteiger partial charge in [-0.1, -0.05) is 6.07 Å². The summed E-state index contributed by atoms with van der Waals surface area (Å²) in [6.07, 6.45) is 2.12. The summed E-state index contributed by atoms with van der Waals surface area (Å²) in [5.74, 6) is -0.113. The van der Waals surface area contributed by atoms with Crippen molar-refractivity contribution in [3.8, 4) is 5.75 Å². The summed E-state index contributed by atoms with van der Waals surface area (Å²) in [5.41, 5.74) is 1.32. The van der Waals surface area contributed by atoms with Crippen LogP contribution >= 0.6 is 0 Å². The molecule has 0 unspecified atom stereocenters. The number of carboxylic acid groups (broad SMARTS) is 1. The molecule has 1 aromatic carbocycles. The highest BCUT2D eigenvalue weighted by atomic mass is 16.5. The van der Waals surface area contributed by atoms with Gasteiger partial charge in [0, 0.05) is 11.4 Å². The lowest BCUT2D eigenvalue weighted by Gasteiger charge is -2.07. The molecule has 1 heterocycles. The van der Waals surface area contributed by atoms with Crippen molar-refractivity contribution >= 4 is 16.9 Å². The maximum Gasteiger partial charge on any atom is 0.352 e. The van der Waals surface area contributed by atoms with Crippen molar-refractivity contribution in [3.05, 3.63) is 30.0 Å². The first-order valence-corrected chi connectivity index (χ1v) is 6.22. The molecule has 1 aliphatic carbocycles. The number of carbonyl (C=O) groups is 1. The zero-order valence-corrected chi connectivity index (χ0v) is 10.2. The smallest absolute Gasteiger partial charge is 0.352 e. The van der Waals surface area contributed by atoms with Gasteiger partial charge in [-0.25, -0.2) is 4.79 Å². The fraction of sp³-hybridized carbons (Fsp3) is 0.357.